The largest absolute Gasteiger partial charge is 0.368 e. The molecular weight excluding hydrogens is 140 g/mol. The summed E-state index contributed by atoms with van der Waals surface area (Å²) < 4.78 is 0. The predicted molar refractivity (Wildman–Crippen MR) is 44.5 cm³/mol. The molecule has 11 heavy (non-hydrogen) atoms. The molecule has 0 aromatic carbocycles. The predicted octanol–water partition coefficient (Wildman–Crippen LogP) is 0.0307. The molecule has 1 heterocycles. The summed E-state index contributed by atoms with van der Waals surface area (Å²) in [7, 11) is 0. The maximum atomic E-state index is 5.28. The molecule has 1 aromatic rings. The van der Waals surface area contributed by atoms with Crippen molar-refractivity contribution in [3.05, 3.63) is 24.0 Å². The Morgan fingerprint density at radius 1 is 1.36 bits per heavy atom. The lowest BCUT2D eigenvalue weighted by Crippen LogP contribution is -1.94. The second-order valence-electron chi connectivity index (χ2n) is 2.01. The van der Waals surface area contributed by atoms with E-state index in [-0.39, 0.29) is 5.95 Å². The van der Waals surface area contributed by atoms with Crippen LogP contribution in [0, 0.1) is 0 Å². The second-order valence-corrected chi connectivity index (χ2v) is 2.01. The third-order valence-electron chi connectivity index (χ3n) is 1.14. The molecule has 0 aliphatic rings. The van der Waals surface area contributed by atoms with Crippen molar-refractivity contribution in [1.82, 2.24) is 9.97 Å². The van der Waals surface area contributed by atoms with Crippen LogP contribution in [-0.4, -0.2) is 16.5 Å². The van der Waals surface area contributed by atoms with Crippen molar-refractivity contribution < 1.29 is 0 Å². The van der Waals surface area contributed by atoms with E-state index < -0.39 is 0 Å². The highest BCUT2D eigenvalue weighted by Gasteiger charge is 1.87. The molecule has 0 unspecified atom stereocenters. The number of anilines is 1. The standard InChI is InChI=1S/C7H10N4/c8-3-1-2-6-4-10-7(9)11-5-6/h1-2,4-5H,3,8H2,(H2,9,10,11)/b2-1+. The fourth-order valence-corrected chi connectivity index (χ4v) is 0.638. The summed E-state index contributed by atoms with van der Waals surface area (Å²) >= 11 is 0. The van der Waals surface area contributed by atoms with Crippen molar-refractivity contribution in [2.24, 2.45) is 5.73 Å². The minimum absolute atomic E-state index is 0.287. The monoisotopic (exact) mass is 150 g/mol. The normalized spacial score (nSPS) is 10.6. The Balaban J connectivity index is 2.73. The molecule has 0 saturated heterocycles. The summed E-state index contributed by atoms with van der Waals surface area (Å²) in [5.41, 5.74) is 11.4. The van der Waals surface area contributed by atoms with Gasteiger partial charge in [-0.1, -0.05) is 12.2 Å². The van der Waals surface area contributed by atoms with Gasteiger partial charge in [-0.05, 0) is 0 Å². The Labute approximate surface area is 65.0 Å². The summed E-state index contributed by atoms with van der Waals surface area (Å²) in [4.78, 5) is 7.61. The zero-order chi connectivity index (χ0) is 8.10. The SMILES string of the molecule is NC/C=C/c1cnc(N)nc1. The molecule has 0 radical (unpaired) electrons. The highest BCUT2D eigenvalue weighted by atomic mass is 15.0. The van der Waals surface area contributed by atoms with Crippen molar-refractivity contribution in [3.8, 4) is 0 Å². The Morgan fingerprint density at radius 3 is 2.55 bits per heavy atom. The van der Waals surface area contributed by atoms with Crippen LogP contribution in [0.4, 0.5) is 5.95 Å². The quantitative estimate of drug-likeness (QED) is 0.623. The van der Waals surface area contributed by atoms with Gasteiger partial charge < -0.3 is 11.5 Å². The average Bonchev–Trinajstić information content (AvgIpc) is 2.04. The van der Waals surface area contributed by atoms with E-state index in [2.05, 4.69) is 9.97 Å². The lowest BCUT2D eigenvalue weighted by Gasteiger charge is -1.91. The molecule has 1 rings (SSSR count). The van der Waals surface area contributed by atoms with Crippen LogP contribution in [-0.2, 0) is 0 Å². The van der Waals surface area contributed by atoms with Gasteiger partial charge in [0.05, 0.1) is 0 Å². The average molecular weight is 150 g/mol. The van der Waals surface area contributed by atoms with Gasteiger partial charge >= 0.3 is 0 Å². The zero-order valence-electron chi connectivity index (χ0n) is 6.07. The van der Waals surface area contributed by atoms with Gasteiger partial charge in [-0.2, -0.15) is 0 Å². The lowest BCUT2D eigenvalue weighted by atomic mass is 10.3. The van der Waals surface area contributed by atoms with Gasteiger partial charge in [-0.25, -0.2) is 9.97 Å². The molecular formula is C7H10N4. The molecule has 0 aliphatic heterocycles. The Bertz CT molecular complexity index is 239. The Hall–Kier alpha value is -1.42. The molecule has 4 heteroatoms. The smallest absolute Gasteiger partial charge is 0.219 e. The molecule has 0 atom stereocenters. The first-order valence-corrected chi connectivity index (χ1v) is 3.27. The van der Waals surface area contributed by atoms with Gasteiger partial charge in [0, 0.05) is 24.5 Å². The molecule has 0 amide bonds. The first-order valence-electron chi connectivity index (χ1n) is 3.27. The Kier molecular flexibility index (Phi) is 2.57. The molecule has 4 N–H and O–H groups in total. The van der Waals surface area contributed by atoms with Gasteiger partial charge in [0.2, 0.25) is 5.95 Å². The lowest BCUT2D eigenvalue weighted by molar-refractivity contribution is 1.17. The first kappa shape index (κ1) is 7.68. The van der Waals surface area contributed by atoms with Gasteiger partial charge in [0.25, 0.3) is 0 Å². The van der Waals surface area contributed by atoms with Gasteiger partial charge in [0.1, 0.15) is 0 Å². The number of nitrogen functional groups attached to an aromatic ring is 1. The van der Waals surface area contributed by atoms with Crippen LogP contribution in [0.1, 0.15) is 5.56 Å². The fraction of sp³-hybridized carbons (Fsp3) is 0.143. The van der Waals surface area contributed by atoms with Crippen LogP contribution < -0.4 is 11.5 Å². The molecule has 0 spiro atoms. The summed E-state index contributed by atoms with van der Waals surface area (Å²) in [6.07, 6.45) is 6.97. The summed E-state index contributed by atoms with van der Waals surface area (Å²) in [5, 5.41) is 0. The first-order chi connectivity index (χ1) is 5.33. The van der Waals surface area contributed by atoms with E-state index in [4.69, 9.17) is 11.5 Å². The minimum atomic E-state index is 0.287. The third kappa shape index (κ3) is 2.35. The van der Waals surface area contributed by atoms with E-state index in [1.54, 1.807) is 12.4 Å². The van der Waals surface area contributed by atoms with Crippen molar-refractivity contribution in [1.29, 1.82) is 0 Å². The highest BCUT2D eigenvalue weighted by Crippen LogP contribution is 1.98. The maximum absolute atomic E-state index is 5.28. The van der Waals surface area contributed by atoms with Crippen LogP contribution in [0.5, 0.6) is 0 Å². The van der Waals surface area contributed by atoms with Crippen molar-refractivity contribution in [2.45, 2.75) is 0 Å². The van der Waals surface area contributed by atoms with Gasteiger partial charge in [0.15, 0.2) is 0 Å². The van der Waals surface area contributed by atoms with Crippen molar-refractivity contribution >= 4 is 12.0 Å². The minimum Gasteiger partial charge on any atom is -0.368 e. The van der Waals surface area contributed by atoms with E-state index in [0.29, 0.717) is 6.54 Å². The van der Waals surface area contributed by atoms with E-state index in [0.717, 1.165) is 5.56 Å². The van der Waals surface area contributed by atoms with Crippen LogP contribution >= 0.6 is 0 Å². The number of hydrogen-bond acceptors (Lipinski definition) is 4. The highest BCUT2D eigenvalue weighted by molar-refractivity contribution is 5.47. The summed E-state index contributed by atoms with van der Waals surface area (Å²) in [5.74, 6) is 0.287. The number of nitrogens with zero attached hydrogens (tertiary/aromatic N) is 2. The number of hydrogen-bond donors (Lipinski definition) is 2. The molecule has 0 bridgehead atoms. The van der Waals surface area contributed by atoms with Gasteiger partial charge in [-0.15, -0.1) is 0 Å². The molecule has 0 aliphatic carbocycles. The second kappa shape index (κ2) is 3.68. The molecule has 0 saturated carbocycles. The molecule has 4 nitrogen and oxygen atoms in total. The van der Waals surface area contributed by atoms with E-state index in [9.17, 15) is 0 Å². The van der Waals surface area contributed by atoms with Crippen molar-refractivity contribution in [3.63, 3.8) is 0 Å². The number of nitrogens with two attached hydrogens (primary N) is 2. The number of aromatic nitrogens is 2. The number of rotatable bonds is 2. The van der Waals surface area contributed by atoms with E-state index in [1.165, 1.54) is 0 Å². The van der Waals surface area contributed by atoms with E-state index >= 15 is 0 Å². The Morgan fingerprint density at radius 2 is 2.00 bits per heavy atom. The topological polar surface area (TPSA) is 77.8 Å². The van der Waals surface area contributed by atoms with Crippen LogP contribution in [0.15, 0.2) is 18.5 Å². The van der Waals surface area contributed by atoms with E-state index in [1.807, 2.05) is 12.2 Å². The fourth-order valence-electron chi connectivity index (χ4n) is 0.638. The molecule has 1 aromatic heterocycles. The summed E-state index contributed by atoms with van der Waals surface area (Å²) in [6, 6.07) is 0. The van der Waals surface area contributed by atoms with Crippen LogP contribution in [0.2, 0.25) is 0 Å². The third-order valence-corrected chi connectivity index (χ3v) is 1.14. The van der Waals surface area contributed by atoms with Crippen LogP contribution in [0.25, 0.3) is 6.08 Å². The van der Waals surface area contributed by atoms with Crippen molar-refractivity contribution in [2.75, 3.05) is 12.3 Å². The van der Waals surface area contributed by atoms with Gasteiger partial charge in [-0.3, -0.25) is 0 Å². The molecule has 58 valence electrons. The zero-order valence-corrected chi connectivity index (χ0v) is 6.07. The maximum Gasteiger partial charge on any atom is 0.219 e. The summed E-state index contributed by atoms with van der Waals surface area (Å²) in [6.45, 7) is 0.518. The van der Waals surface area contributed by atoms with Crippen LogP contribution in [0.3, 0.4) is 0 Å². The molecule has 0 fully saturated rings.